The molecule has 2 N–H and O–H groups in total. The number of benzene rings is 1. The molecule has 0 amide bonds. The van der Waals surface area contributed by atoms with Gasteiger partial charge in [-0.2, -0.15) is 0 Å². The average molecular weight is 378 g/mol. The summed E-state index contributed by atoms with van der Waals surface area (Å²) in [5.74, 6) is 7.73. The number of para-hydroxylation sites is 1. The predicted octanol–water partition coefficient (Wildman–Crippen LogP) is 4.54. The van der Waals surface area contributed by atoms with Crippen LogP contribution in [-0.4, -0.2) is 30.3 Å². The van der Waals surface area contributed by atoms with Gasteiger partial charge in [-0.05, 0) is 30.5 Å². The van der Waals surface area contributed by atoms with Crippen LogP contribution < -0.4 is 10.7 Å². The molecule has 0 spiro atoms. The first-order valence-corrected chi connectivity index (χ1v) is 10.0. The molecule has 2 aliphatic rings. The van der Waals surface area contributed by atoms with Crippen molar-refractivity contribution in [3.05, 3.63) is 66.5 Å². The Bertz CT molecular complexity index is 863. The Hall–Kier alpha value is -2.66. The maximum atomic E-state index is 6.35. The summed E-state index contributed by atoms with van der Waals surface area (Å²) in [5, 5.41) is 1.61. The highest BCUT2D eigenvalue weighted by Crippen LogP contribution is 2.52. The molecule has 0 saturated heterocycles. The quantitative estimate of drug-likeness (QED) is 0.710. The smallest absolute Gasteiger partial charge is 0.174 e. The zero-order valence-electron chi connectivity index (χ0n) is 17.3. The molecule has 1 aromatic carbocycles. The van der Waals surface area contributed by atoms with Crippen LogP contribution in [0.4, 0.5) is 5.69 Å². The predicted molar refractivity (Wildman–Crippen MR) is 120 cm³/mol. The molecule has 1 aromatic rings. The van der Waals surface area contributed by atoms with Gasteiger partial charge >= 0.3 is 0 Å². The second-order valence-electron chi connectivity index (χ2n) is 7.32. The molecule has 0 aliphatic carbocycles. The molecule has 5 nitrogen and oxygen atoms in total. The summed E-state index contributed by atoms with van der Waals surface area (Å²) in [6.07, 6.45) is 8.03. The van der Waals surface area contributed by atoms with E-state index in [4.69, 9.17) is 5.84 Å². The number of amidine groups is 2. The number of unbranched alkanes of at least 4 members (excludes halogenated alkanes) is 1. The number of anilines is 1. The molecule has 2 heterocycles. The summed E-state index contributed by atoms with van der Waals surface area (Å²) in [6.45, 7) is 13.4. The van der Waals surface area contributed by atoms with E-state index in [1.807, 2.05) is 6.08 Å². The fourth-order valence-electron chi connectivity index (χ4n) is 4.35. The van der Waals surface area contributed by atoms with Gasteiger partial charge in [0.15, 0.2) is 5.84 Å². The largest absolute Gasteiger partial charge is 0.337 e. The van der Waals surface area contributed by atoms with Gasteiger partial charge in [0.25, 0.3) is 0 Å². The summed E-state index contributed by atoms with van der Waals surface area (Å²) in [4.78, 5) is 11.2. The molecule has 148 valence electrons. The van der Waals surface area contributed by atoms with Crippen molar-refractivity contribution in [2.24, 2.45) is 15.8 Å². The Morgan fingerprint density at radius 2 is 2.04 bits per heavy atom. The van der Waals surface area contributed by atoms with E-state index < -0.39 is 0 Å². The Morgan fingerprint density at radius 1 is 1.29 bits per heavy atom. The van der Waals surface area contributed by atoms with Gasteiger partial charge in [-0.1, -0.05) is 64.1 Å². The minimum atomic E-state index is -0.0212. The van der Waals surface area contributed by atoms with Gasteiger partial charge in [-0.15, -0.1) is 0 Å². The topological polar surface area (TPSA) is 57.2 Å². The highest BCUT2D eigenvalue weighted by Gasteiger charge is 2.45. The van der Waals surface area contributed by atoms with Crippen LogP contribution in [0, 0.1) is 0 Å². The Labute approximate surface area is 168 Å². The van der Waals surface area contributed by atoms with Crippen molar-refractivity contribution >= 4 is 17.4 Å². The van der Waals surface area contributed by atoms with Crippen molar-refractivity contribution in [1.29, 1.82) is 0 Å². The highest BCUT2D eigenvalue weighted by atomic mass is 15.5. The standard InChI is InChI=1S/C23H31N5/c1-6-9-15-23(8-3)17(4)27(19-14-11-10-13-18(19)23)16-21-26-22(25-5)20(12-7-2)28(21)24/h7,10-14H,2,4,6,8-9,15-16,24H2,1,3,5H3/b20-12+,25-22+. The van der Waals surface area contributed by atoms with Gasteiger partial charge < -0.3 is 4.90 Å². The molecule has 0 aromatic heterocycles. The monoisotopic (exact) mass is 377 g/mol. The van der Waals surface area contributed by atoms with Crippen molar-refractivity contribution in [3.8, 4) is 0 Å². The number of hydrazine groups is 1. The van der Waals surface area contributed by atoms with Crippen molar-refractivity contribution in [1.82, 2.24) is 5.01 Å². The first kappa shape index (κ1) is 20.1. The van der Waals surface area contributed by atoms with E-state index in [1.165, 1.54) is 24.1 Å². The van der Waals surface area contributed by atoms with E-state index in [9.17, 15) is 0 Å². The van der Waals surface area contributed by atoms with Crippen LogP contribution in [0.5, 0.6) is 0 Å². The highest BCUT2D eigenvalue weighted by molar-refractivity contribution is 6.14. The van der Waals surface area contributed by atoms with E-state index in [1.54, 1.807) is 18.1 Å². The lowest BCUT2D eigenvalue weighted by atomic mass is 9.74. The number of nitrogens with zero attached hydrogens (tertiary/aromatic N) is 4. The third-order valence-electron chi connectivity index (χ3n) is 5.94. The van der Waals surface area contributed by atoms with Crippen LogP contribution >= 0.6 is 0 Å². The first-order chi connectivity index (χ1) is 13.5. The lowest BCUT2D eigenvalue weighted by Gasteiger charge is -2.32. The third-order valence-corrected chi connectivity index (χ3v) is 5.94. The molecular weight excluding hydrogens is 346 g/mol. The van der Waals surface area contributed by atoms with E-state index in [2.05, 4.69) is 66.2 Å². The van der Waals surface area contributed by atoms with Crippen molar-refractivity contribution in [2.45, 2.75) is 44.9 Å². The zero-order valence-corrected chi connectivity index (χ0v) is 17.3. The molecule has 0 fully saturated rings. The minimum Gasteiger partial charge on any atom is -0.337 e. The van der Waals surface area contributed by atoms with Crippen molar-refractivity contribution in [3.63, 3.8) is 0 Å². The number of hydrogen-bond donors (Lipinski definition) is 1. The number of allylic oxidation sites excluding steroid dienone is 3. The molecule has 1 atom stereocenters. The summed E-state index contributed by atoms with van der Waals surface area (Å²) >= 11 is 0. The van der Waals surface area contributed by atoms with Crippen molar-refractivity contribution < 1.29 is 0 Å². The minimum absolute atomic E-state index is 0.0212. The van der Waals surface area contributed by atoms with Crippen LogP contribution in [0.2, 0.25) is 0 Å². The number of hydrogen-bond acceptors (Lipinski definition) is 4. The Kier molecular flexibility index (Phi) is 5.84. The SMILES string of the molecule is C=C/C=C1\C(=N/C)N=C(CN2C(=C)C(CC)(CCCC)c3ccccc32)N1N. The number of fused-ring (bicyclic) bond motifs is 1. The van der Waals surface area contributed by atoms with Crippen LogP contribution in [0.25, 0.3) is 0 Å². The van der Waals surface area contributed by atoms with Gasteiger partial charge in [-0.3, -0.25) is 10.0 Å². The number of rotatable bonds is 7. The lowest BCUT2D eigenvalue weighted by molar-refractivity contribution is 0.438. The molecule has 1 unspecified atom stereocenters. The molecule has 0 radical (unpaired) electrons. The van der Waals surface area contributed by atoms with Crippen molar-refractivity contribution in [2.75, 3.05) is 18.5 Å². The fraction of sp³-hybridized carbons (Fsp3) is 0.391. The Balaban J connectivity index is 1.99. The fourth-order valence-corrected chi connectivity index (χ4v) is 4.35. The second-order valence-corrected chi connectivity index (χ2v) is 7.32. The third kappa shape index (κ3) is 3.10. The average Bonchev–Trinajstić information content (AvgIpc) is 3.14. The second kappa shape index (κ2) is 8.15. The van der Waals surface area contributed by atoms with Crippen LogP contribution in [0.1, 0.15) is 45.1 Å². The van der Waals surface area contributed by atoms with Crippen LogP contribution in [0.3, 0.4) is 0 Å². The van der Waals surface area contributed by atoms with Crippen LogP contribution in [-0.2, 0) is 5.41 Å². The lowest BCUT2D eigenvalue weighted by Crippen LogP contribution is -2.41. The normalized spacial score (nSPS) is 24.3. The van der Waals surface area contributed by atoms with Gasteiger partial charge in [0.1, 0.15) is 11.5 Å². The van der Waals surface area contributed by atoms with Gasteiger partial charge in [0, 0.05) is 23.8 Å². The molecule has 5 heteroatoms. The number of aliphatic imine (C=N–C) groups is 2. The Morgan fingerprint density at radius 3 is 2.68 bits per heavy atom. The van der Waals surface area contributed by atoms with E-state index >= 15 is 0 Å². The van der Waals surface area contributed by atoms with E-state index in [0.29, 0.717) is 12.4 Å². The zero-order chi connectivity index (χ0) is 20.3. The first-order valence-electron chi connectivity index (χ1n) is 10.0. The van der Waals surface area contributed by atoms with E-state index in [-0.39, 0.29) is 5.41 Å². The van der Waals surface area contributed by atoms with Gasteiger partial charge in [0.05, 0.1) is 6.54 Å². The summed E-state index contributed by atoms with van der Waals surface area (Å²) < 4.78 is 0. The molecule has 2 aliphatic heterocycles. The maximum Gasteiger partial charge on any atom is 0.174 e. The maximum absolute atomic E-state index is 6.35. The van der Waals surface area contributed by atoms with Gasteiger partial charge in [-0.25, -0.2) is 10.8 Å². The summed E-state index contributed by atoms with van der Waals surface area (Å²) in [6, 6.07) is 8.64. The van der Waals surface area contributed by atoms with Gasteiger partial charge in [0.2, 0.25) is 0 Å². The summed E-state index contributed by atoms with van der Waals surface area (Å²) in [5.41, 5.74) is 4.45. The molecule has 3 rings (SSSR count). The molecule has 0 saturated carbocycles. The summed E-state index contributed by atoms with van der Waals surface area (Å²) in [7, 11) is 1.73. The molecular formula is C23H31N5. The van der Waals surface area contributed by atoms with E-state index in [0.717, 1.165) is 30.1 Å². The number of nitrogens with two attached hydrogens (primary N) is 1. The molecule has 28 heavy (non-hydrogen) atoms. The van der Waals surface area contributed by atoms with Crippen LogP contribution in [0.15, 0.2) is 71.0 Å². The molecule has 0 bridgehead atoms.